The van der Waals surface area contributed by atoms with Gasteiger partial charge in [-0.2, -0.15) is 13.2 Å². The van der Waals surface area contributed by atoms with Gasteiger partial charge in [0.25, 0.3) is 0 Å². The summed E-state index contributed by atoms with van der Waals surface area (Å²) in [4.78, 5) is 4.63. The number of halogens is 3. The van der Waals surface area contributed by atoms with Gasteiger partial charge in [0.15, 0.2) is 0 Å². The Labute approximate surface area is 159 Å². The van der Waals surface area contributed by atoms with Gasteiger partial charge >= 0.3 is 6.18 Å². The number of hydrogen-bond donors (Lipinski definition) is 1. The highest BCUT2D eigenvalue weighted by atomic mass is 32.2. The zero-order chi connectivity index (χ0) is 19.7. The van der Waals surface area contributed by atoms with Crippen LogP contribution in [0.4, 0.5) is 13.2 Å². The molecule has 1 fully saturated rings. The Morgan fingerprint density at radius 1 is 1.15 bits per heavy atom. The number of aryl methyl sites for hydroxylation is 1. The molecule has 0 saturated heterocycles. The molecule has 0 atom stereocenters. The topological polar surface area (TPSA) is 68.3 Å². The van der Waals surface area contributed by atoms with E-state index in [4.69, 9.17) is 4.74 Å². The van der Waals surface area contributed by atoms with Crippen molar-refractivity contribution < 1.29 is 26.3 Å². The average molecular weight is 420 g/mol. The molecule has 1 aliphatic rings. The van der Waals surface area contributed by atoms with Crippen LogP contribution in [0, 0.1) is 6.92 Å². The predicted octanol–water partition coefficient (Wildman–Crippen LogP) is 4.14. The van der Waals surface area contributed by atoms with E-state index in [0.717, 1.165) is 17.1 Å². The lowest BCUT2D eigenvalue weighted by Crippen LogP contribution is -2.39. The number of nitrogens with zero attached hydrogens (tertiary/aromatic N) is 1. The molecule has 2 heterocycles. The number of aromatic nitrogens is 1. The SMILES string of the molecule is Cc1ccc(S(=O)(=O)NC2CCC(Oc3ccc(C(F)(F)F)cn3)CC2)s1. The van der Waals surface area contributed by atoms with Crippen molar-refractivity contribution in [1.29, 1.82) is 0 Å². The highest BCUT2D eigenvalue weighted by Crippen LogP contribution is 2.30. The molecular weight excluding hydrogens is 401 g/mol. The van der Waals surface area contributed by atoms with Crippen molar-refractivity contribution in [3.63, 3.8) is 0 Å². The number of pyridine rings is 1. The van der Waals surface area contributed by atoms with Crippen molar-refractivity contribution in [2.45, 2.75) is 55.1 Å². The Balaban J connectivity index is 1.52. The maximum Gasteiger partial charge on any atom is 0.417 e. The number of rotatable bonds is 5. The van der Waals surface area contributed by atoms with Crippen molar-refractivity contribution in [3.05, 3.63) is 40.9 Å². The number of alkyl halides is 3. The molecule has 1 saturated carbocycles. The number of hydrogen-bond acceptors (Lipinski definition) is 5. The Hall–Kier alpha value is -1.65. The van der Waals surface area contributed by atoms with E-state index < -0.39 is 21.8 Å². The van der Waals surface area contributed by atoms with Gasteiger partial charge in [-0.1, -0.05) is 0 Å². The Morgan fingerprint density at radius 3 is 2.37 bits per heavy atom. The van der Waals surface area contributed by atoms with Gasteiger partial charge in [0, 0.05) is 23.2 Å². The molecule has 0 spiro atoms. The first-order chi connectivity index (χ1) is 12.6. The normalized spacial score (nSPS) is 21.2. The molecule has 0 unspecified atom stereocenters. The van der Waals surface area contributed by atoms with E-state index in [9.17, 15) is 21.6 Å². The van der Waals surface area contributed by atoms with Gasteiger partial charge in [-0.25, -0.2) is 18.1 Å². The van der Waals surface area contributed by atoms with Crippen LogP contribution in [0.25, 0.3) is 0 Å². The van der Waals surface area contributed by atoms with Crippen LogP contribution in [0.3, 0.4) is 0 Å². The van der Waals surface area contributed by atoms with Crippen LogP contribution < -0.4 is 9.46 Å². The zero-order valence-corrected chi connectivity index (χ0v) is 16.1. The second-order valence-electron chi connectivity index (χ2n) is 6.46. The standard InChI is InChI=1S/C17H19F3N2O3S2/c1-11-2-9-16(26-11)27(23,24)22-13-4-6-14(7-5-13)25-15-8-3-12(10-21-15)17(18,19)20/h2-3,8-10,13-14,22H,4-7H2,1H3. The number of ether oxygens (including phenoxy) is 1. The van der Waals surface area contributed by atoms with E-state index in [0.29, 0.717) is 29.9 Å². The fraction of sp³-hybridized carbons (Fsp3) is 0.471. The van der Waals surface area contributed by atoms with Gasteiger partial charge in [0.2, 0.25) is 15.9 Å². The van der Waals surface area contributed by atoms with E-state index in [1.807, 2.05) is 6.92 Å². The smallest absolute Gasteiger partial charge is 0.417 e. The number of thiophene rings is 1. The Morgan fingerprint density at radius 2 is 1.85 bits per heavy atom. The molecule has 0 bridgehead atoms. The van der Waals surface area contributed by atoms with E-state index in [1.165, 1.54) is 17.4 Å². The van der Waals surface area contributed by atoms with Crippen molar-refractivity contribution in [2.75, 3.05) is 0 Å². The van der Waals surface area contributed by atoms with E-state index in [2.05, 4.69) is 9.71 Å². The molecule has 1 aliphatic carbocycles. The molecule has 0 aliphatic heterocycles. The largest absolute Gasteiger partial charge is 0.474 e. The zero-order valence-electron chi connectivity index (χ0n) is 14.5. The Kier molecular flexibility index (Phi) is 5.78. The summed E-state index contributed by atoms with van der Waals surface area (Å²) in [5, 5.41) is 0. The lowest BCUT2D eigenvalue weighted by molar-refractivity contribution is -0.137. The quantitative estimate of drug-likeness (QED) is 0.790. The lowest BCUT2D eigenvalue weighted by Gasteiger charge is -2.28. The van der Waals surface area contributed by atoms with Gasteiger partial charge in [-0.3, -0.25) is 0 Å². The van der Waals surface area contributed by atoms with E-state index >= 15 is 0 Å². The fourth-order valence-electron chi connectivity index (χ4n) is 2.92. The molecule has 1 N–H and O–H groups in total. The van der Waals surface area contributed by atoms with Gasteiger partial charge in [-0.05, 0) is 50.8 Å². The highest BCUT2D eigenvalue weighted by molar-refractivity contribution is 7.91. The summed E-state index contributed by atoms with van der Waals surface area (Å²) in [7, 11) is -3.53. The number of sulfonamides is 1. The molecule has 27 heavy (non-hydrogen) atoms. The Bertz CT molecular complexity index is 872. The molecule has 148 valence electrons. The van der Waals surface area contributed by atoms with Gasteiger partial charge in [0.1, 0.15) is 10.3 Å². The summed E-state index contributed by atoms with van der Waals surface area (Å²) in [5.41, 5.74) is -0.822. The van der Waals surface area contributed by atoms with Crippen LogP contribution in [-0.4, -0.2) is 25.5 Å². The third-order valence-electron chi connectivity index (χ3n) is 4.33. The summed E-state index contributed by atoms with van der Waals surface area (Å²) in [5.74, 6) is 0.140. The van der Waals surface area contributed by atoms with Crippen LogP contribution in [0.5, 0.6) is 5.88 Å². The monoisotopic (exact) mass is 420 g/mol. The van der Waals surface area contributed by atoms with Gasteiger partial charge in [-0.15, -0.1) is 11.3 Å². The summed E-state index contributed by atoms with van der Waals surface area (Å²) in [6, 6.07) is 5.31. The molecule has 0 aromatic carbocycles. The van der Waals surface area contributed by atoms with E-state index in [1.54, 1.807) is 12.1 Å². The molecule has 2 aromatic rings. The van der Waals surface area contributed by atoms with Crippen LogP contribution in [0.1, 0.15) is 36.1 Å². The molecule has 0 radical (unpaired) electrons. The van der Waals surface area contributed by atoms with Crippen LogP contribution in [0.2, 0.25) is 0 Å². The predicted molar refractivity (Wildman–Crippen MR) is 95.3 cm³/mol. The van der Waals surface area contributed by atoms with Crippen molar-refractivity contribution in [3.8, 4) is 5.88 Å². The number of nitrogens with one attached hydrogen (secondary N) is 1. The van der Waals surface area contributed by atoms with Crippen LogP contribution in [-0.2, 0) is 16.2 Å². The second-order valence-corrected chi connectivity index (χ2v) is 9.69. The minimum Gasteiger partial charge on any atom is -0.474 e. The summed E-state index contributed by atoms with van der Waals surface area (Å²) >= 11 is 1.22. The van der Waals surface area contributed by atoms with Crippen molar-refractivity contribution in [2.24, 2.45) is 0 Å². The van der Waals surface area contributed by atoms with Crippen molar-refractivity contribution in [1.82, 2.24) is 9.71 Å². The van der Waals surface area contributed by atoms with Crippen molar-refractivity contribution >= 4 is 21.4 Å². The van der Waals surface area contributed by atoms with E-state index in [-0.39, 0.29) is 18.0 Å². The second kappa shape index (κ2) is 7.76. The first kappa shape index (κ1) is 20.1. The minimum atomic E-state index is -4.43. The molecular formula is C17H19F3N2O3S2. The summed E-state index contributed by atoms with van der Waals surface area (Å²) < 4.78 is 71.0. The summed E-state index contributed by atoms with van der Waals surface area (Å²) in [6.07, 6.45) is -1.50. The lowest BCUT2D eigenvalue weighted by atomic mass is 9.94. The fourth-order valence-corrected chi connectivity index (χ4v) is 5.53. The minimum absolute atomic E-state index is 0.140. The average Bonchev–Trinajstić information content (AvgIpc) is 3.04. The van der Waals surface area contributed by atoms with Gasteiger partial charge < -0.3 is 4.74 Å². The molecule has 2 aromatic heterocycles. The maximum atomic E-state index is 12.5. The molecule has 0 amide bonds. The third-order valence-corrected chi connectivity index (χ3v) is 7.34. The summed E-state index contributed by atoms with van der Waals surface area (Å²) in [6.45, 7) is 1.85. The first-order valence-electron chi connectivity index (χ1n) is 8.42. The maximum absolute atomic E-state index is 12.5. The highest BCUT2D eigenvalue weighted by Gasteiger charge is 2.31. The molecule has 10 heteroatoms. The van der Waals surface area contributed by atoms with Crippen LogP contribution in [0.15, 0.2) is 34.7 Å². The van der Waals surface area contributed by atoms with Gasteiger partial charge in [0.05, 0.1) is 5.56 Å². The molecule has 3 rings (SSSR count). The first-order valence-corrected chi connectivity index (χ1v) is 10.7. The van der Waals surface area contributed by atoms with Crippen LogP contribution >= 0.6 is 11.3 Å². The molecule has 5 nitrogen and oxygen atoms in total. The third kappa shape index (κ3) is 5.20.